The Morgan fingerprint density at radius 1 is 1.50 bits per heavy atom. The molecule has 1 atom stereocenters. The van der Waals surface area contributed by atoms with Crippen LogP contribution in [0, 0.1) is 5.75 Å². The standard InChI is InChI=1S/C12H14N3S/c1-9-7-16-5-4-15(9)10-2-3-11-12(6-10)14-8-13-11/h2-3,6-9H,4-5H2,1H3,(H,13,14). The van der Waals surface area contributed by atoms with Crippen LogP contribution < -0.4 is 4.90 Å². The number of rotatable bonds is 1. The maximum Gasteiger partial charge on any atom is 0.0931 e. The topological polar surface area (TPSA) is 31.9 Å². The Kier molecular flexibility index (Phi) is 2.52. The van der Waals surface area contributed by atoms with E-state index in [0.29, 0.717) is 6.04 Å². The zero-order chi connectivity index (χ0) is 11.0. The number of hydrogen-bond acceptors (Lipinski definition) is 3. The zero-order valence-electron chi connectivity index (χ0n) is 9.18. The molecule has 1 saturated heterocycles. The van der Waals surface area contributed by atoms with Crippen LogP contribution in [0.1, 0.15) is 6.92 Å². The van der Waals surface area contributed by atoms with E-state index >= 15 is 0 Å². The summed E-state index contributed by atoms with van der Waals surface area (Å²) in [4.78, 5) is 9.84. The highest BCUT2D eigenvalue weighted by atomic mass is 32.2. The Labute approximate surface area is 99.2 Å². The predicted molar refractivity (Wildman–Crippen MR) is 69.7 cm³/mol. The summed E-state index contributed by atoms with van der Waals surface area (Å²) in [7, 11) is 0. The molecule has 0 saturated carbocycles. The summed E-state index contributed by atoms with van der Waals surface area (Å²) in [5, 5.41) is 0. The molecule has 4 heteroatoms. The fourth-order valence-corrected chi connectivity index (χ4v) is 2.96. The van der Waals surface area contributed by atoms with E-state index in [1.807, 2.05) is 11.8 Å². The number of nitrogens with zero attached hydrogens (tertiary/aromatic N) is 2. The number of fused-ring (bicyclic) bond motifs is 1. The van der Waals surface area contributed by atoms with Crippen LogP contribution in [0.15, 0.2) is 24.5 Å². The van der Waals surface area contributed by atoms with Crippen molar-refractivity contribution in [3.05, 3.63) is 30.3 Å². The van der Waals surface area contributed by atoms with E-state index in [1.165, 1.54) is 11.4 Å². The van der Waals surface area contributed by atoms with Crippen molar-refractivity contribution in [1.29, 1.82) is 0 Å². The molecule has 2 heterocycles. The fraction of sp³-hybridized carbons (Fsp3) is 0.333. The molecule has 1 fully saturated rings. The number of hydrogen-bond donors (Lipinski definition) is 1. The molecule has 0 bridgehead atoms. The van der Waals surface area contributed by atoms with Crippen LogP contribution in [0.25, 0.3) is 11.0 Å². The summed E-state index contributed by atoms with van der Waals surface area (Å²) in [5.74, 6) is 3.47. The number of aromatic amines is 1. The first kappa shape index (κ1) is 10.0. The van der Waals surface area contributed by atoms with Crippen molar-refractivity contribution >= 4 is 28.5 Å². The number of imidazole rings is 1. The second-order valence-electron chi connectivity index (χ2n) is 4.04. The van der Waals surface area contributed by atoms with Crippen LogP contribution in [-0.2, 0) is 0 Å². The van der Waals surface area contributed by atoms with Gasteiger partial charge >= 0.3 is 0 Å². The smallest absolute Gasteiger partial charge is 0.0931 e. The van der Waals surface area contributed by atoms with E-state index in [4.69, 9.17) is 0 Å². The van der Waals surface area contributed by atoms with E-state index in [9.17, 15) is 0 Å². The molecular weight excluding hydrogens is 218 g/mol. The molecule has 3 rings (SSSR count). The summed E-state index contributed by atoms with van der Waals surface area (Å²) in [6.07, 6.45) is 1.75. The van der Waals surface area contributed by atoms with Gasteiger partial charge in [0.15, 0.2) is 0 Å². The van der Waals surface area contributed by atoms with E-state index in [0.717, 1.165) is 17.6 Å². The minimum absolute atomic E-state index is 0.496. The van der Waals surface area contributed by atoms with Crippen molar-refractivity contribution in [2.24, 2.45) is 0 Å². The second kappa shape index (κ2) is 4.01. The van der Waals surface area contributed by atoms with Gasteiger partial charge in [-0.2, -0.15) is 11.8 Å². The highest BCUT2D eigenvalue weighted by Crippen LogP contribution is 2.28. The average molecular weight is 232 g/mol. The molecule has 1 radical (unpaired) electrons. The Bertz CT molecular complexity index is 494. The molecule has 83 valence electrons. The molecule has 16 heavy (non-hydrogen) atoms. The van der Waals surface area contributed by atoms with Gasteiger partial charge in [-0.15, -0.1) is 0 Å². The lowest BCUT2D eigenvalue weighted by atomic mass is 10.2. The molecule has 1 unspecified atom stereocenters. The van der Waals surface area contributed by atoms with Crippen LogP contribution >= 0.6 is 11.8 Å². The Balaban J connectivity index is 1.97. The minimum Gasteiger partial charge on any atom is -0.367 e. The highest BCUT2D eigenvalue weighted by molar-refractivity contribution is 8.01. The van der Waals surface area contributed by atoms with Crippen LogP contribution in [0.5, 0.6) is 0 Å². The van der Waals surface area contributed by atoms with Crippen molar-refractivity contribution < 1.29 is 0 Å². The fourth-order valence-electron chi connectivity index (χ4n) is 2.10. The average Bonchev–Trinajstić information content (AvgIpc) is 2.76. The van der Waals surface area contributed by atoms with Crippen LogP contribution in [-0.4, -0.2) is 28.3 Å². The van der Waals surface area contributed by atoms with Crippen LogP contribution in [0.3, 0.4) is 0 Å². The van der Waals surface area contributed by atoms with Gasteiger partial charge in [-0.25, -0.2) is 4.98 Å². The molecule has 1 aliphatic rings. The summed E-state index contributed by atoms with van der Waals surface area (Å²) < 4.78 is 0. The highest BCUT2D eigenvalue weighted by Gasteiger charge is 2.19. The number of aromatic nitrogens is 2. The molecule has 1 N–H and O–H groups in total. The van der Waals surface area contributed by atoms with Crippen LogP contribution in [0.2, 0.25) is 0 Å². The maximum atomic E-state index is 4.30. The minimum atomic E-state index is 0.496. The van der Waals surface area contributed by atoms with Gasteiger partial charge < -0.3 is 9.88 Å². The second-order valence-corrected chi connectivity index (χ2v) is 5.06. The predicted octanol–water partition coefficient (Wildman–Crippen LogP) is 2.67. The first-order chi connectivity index (χ1) is 7.84. The molecule has 2 aromatic rings. The van der Waals surface area contributed by atoms with Crippen molar-refractivity contribution in [1.82, 2.24) is 9.97 Å². The van der Waals surface area contributed by atoms with Crippen molar-refractivity contribution in [3.8, 4) is 0 Å². The lowest BCUT2D eigenvalue weighted by molar-refractivity contribution is 0.738. The number of nitrogens with one attached hydrogen (secondary N) is 1. The van der Waals surface area contributed by atoms with Gasteiger partial charge in [-0.05, 0) is 25.1 Å². The van der Waals surface area contributed by atoms with Gasteiger partial charge in [0, 0.05) is 29.8 Å². The third kappa shape index (κ3) is 1.67. The first-order valence-electron chi connectivity index (χ1n) is 5.49. The van der Waals surface area contributed by atoms with Gasteiger partial charge in [-0.3, -0.25) is 0 Å². The molecule has 0 amide bonds. The monoisotopic (exact) mass is 232 g/mol. The van der Waals surface area contributed by atoms with Gasteiger partial charge in [0.2, 0.25) is 0 Å². The first-order valence-corrected chi connectivity index (χ1v) is 6.54. The summed E-state index contributed by atoms with van der Waals surface area (Å²) >= 11 is 1.92. The number of anilines is 1. The Hall–Kier alpha value is -1.16. The number of benzene rings is 1. The Morgan fingerprint density at radius 3 is 3.31 bits per heavy atom. The van der Waals surface area contributed by atoms with E-state index < -0.39 is 0 Å². The summed E-state index contributed by atoms with van der Waals surface area (Å²) in [5.41, 5.74) is 3.42. The molecule has 0 spiro atoms. The van der Waals surface area contributed by atoms with Gasteiger partial charge in [0.25, 0.3) is 0 Å². The lowest BCUT2D eigenvalue weighted by Gasteiger charge is -2.34. The third-order valence-corrected chi connectivity index (χ3v) is 3.98. The van der Waals surface area contributed by atoms with Crippen molar-refractivity contribution in [2.75, 3.05) is 17.2 Å². The maximum absolute atomic E-state index is 4.30. The lowest BCUT2D eigenvalue weighted by Crippen LogP contribution is -2.38. The van der Waals surface area contributed by atoms with E-state index in [1.54, 1.807) is 6.33 Å². The molecule has 1 aromatic carbocycles. The van der Waals surface area contributed by atoms with Crippen molar-refractivity contribution in [3.63, 3.8) is 0 Å². The van der Waals surface area contributed by atoms with Crippen molar-refractivity contribution in [2.45, 2.75) is 13.0 Å². The molecule has 1 aliphatic heterocycles. The molecular formula is C12H14N3S. The summed E-state index contributed by atoms with van der Waals surface area (Å²) in [6.45, 7) is 3.35. The Morgan fingerprint density at radius 2 is 2.44 bits per heavy atom. The normalized spacial score (nSPS) is 21.6. The van der Waals surface area contributed by atoms with Gasteiger partial charge in [0.05, 0.1) is 17.4 Å². The van der Waals surface area contributed by atoms with Crippen LogP contribution in [0.4, 0.5) is 5.69 Å². The molecule has 0 aliphatic carbocycles. The third-order valence-electron chi connectivity index (χ3n) is 2.97. The van der Waals surface area contributed by atoms with E-state index in [-0.39, 0.29) is 0 Å². The van der Waals surface area contributed by atoms with E-state index in [2.05, 4.69) is 45.7 Å². The van der Waals surface area contributed by atoms with Gasteiger partial charge in [0.1, 0.15) is 0 Å². The zero-order valence-corrected chi connectivity index (χ0v) is 10.00. The quantitative estimate of drug-likeness (QED) is 0.820. The molecule has 1 aromatic heterocycles. The SMILES string of the molecule is CC1[CH]SCCN1c1ccc2[nH]cnc2c1. The summed E-state index contributed by atoms with van der Waals surface area (Å²) in [6, 6.07) is 6.93. The largest absolute Gasteiger partial charge is 0.367 e. The number of thioether (sulfide) groups is 1. The van der Waals surface area contributed by atoms with Gasteiger partial charge in [-0.1, -0.05) is 0 Å². The molecule has 3 nitrogen and oxygen atoms in total. The number of H-pyrrole nitrogens is 1.